The predicted molar refractivity (Wildman–Crippen MR) is 142 cm³/mol. The first-order chi connectivity index (χ1) is 16.7. The Bertz CT molecular complexity index is 1150. The number of terminal acetylenes is 1. The van der Waals surface area contributed by atoms with Crippen LogP contribution >= 0.6 is 11.8 Å². The zero-order valence-electron chi connectivity index (χ0n) is 19.7. The summed E-state index contributed by atoms with van der Waals surface area (Å²) in [5.74, 6) is 3.35. The van der Waals surface area contributed by atoms with E-state index in [0.29, 0.717) is 11.8 Å². The van der Waals surface area contributed by atoms with Crippen LogP contribution in [0, 0.1) is 12.3 Å². The van der Waals surface area contributed by atoms with E-state index in [-0.39, 0.29) is 18.6 Å². The van der Waals surface area contributed by atoms with Crippen LogP contribution in [-0.2, 0) is 4.79 Å². The molecule has 34 heavy (non-hydrogen) atoms. The van der Waals surface area contributed by atoms with Crippen molar-refractivity contribution in [1.29, 1.82) is 0 Å². The summed E-state index contributed by atoms with van der Waals surface area (Å²) in [7, 11) is 0. The molecule has 0 atom stereocenters. The van der Waals surface area contributed by atoms with Gasteiger partial charge in [-0.05, 0) is 60.4 Å². The first-order valence-electron chi connectivity index (χ1n) is 12.6. The van der Waals surface area contributed by atoms with E-state index in [1.54, 1.807) is 11.8 Å². The van der Waals surface area contributed by atoms with Crippen molar-refractivity contribution in [2.75, 3.05) is 6.61 Å². The third-order valence-corrected chi connectivity index (χ3v) is 8.16. The highest BCUT2D eigenvalue weighted by Crippen LogP contribution is 2.40. The summed E-state index contributed by atoms with van der Waals surface area (Å²) in [6.07, 6.45) is 19.2. The molecular weight excluding hydrogens is 440 g/mol. The maximum atomic E-state index is 13.8. The fraction of sp³-hybridized carbons (Fsp3) is 0.448. The van der Waals surface area contributed by atoms with Crippen molar-refractivity contribution in [3.05, 3.63) is 46.9 Å². The van der Waals surface area contributed by atoms with Crippen LogP contribution < -0.4 is 4.74 Å². The molecule has 4 nitrogen and oxygen atoms in total. The lowest BCUT2D eigenvalue weighted by Gasteiger charge is -2.31. The highest BCUT2D eigenvalue weighted by molar-refractivity contribution is 8.18. The molecule has 0 N–H and O–H groups in total. The molecular formula is C29H32N2O2S. The van der Waals surface area contributed by atoms with E-state index in [2.05, 4.69) is 18.1 Å². The summed E-state index contributed by atoms with van der Waals surface area (Å²) in [6, 6.07) is 12.8. The van der Waals surface area contributed by atoms with Gasteiger partial charge in [-0.3, -0.25) is 14.7 Å². The maximum Gasteiger partial charge on any atom is 0.267 e. The predicted octanol–water partition coefficient (Wildman–Crippen LogP) is 6.79. The van der Waals surface area contributed by atoms with Gasteiger partial charge in [-0.2, -0.15) is 0 Å². The topological polar surface area (TPSA) is 41.9 Å². The first-order valence-corrected chi connectivity index (χ1v) is 13.4. The summed E-state index contributed by atoms with van der Waals surface area (Å²) in [6.45, 7) is 0.193. The van der Waals surface area contributed by atoms with Crippen LogP contribution in [-0.4, -0.2) is 34.7 Å². The number of thioether (sulfide) groups is 1. The summed E-state index contributed by atoms with van der Waals surface area (Å²) >= 11 is 1.54. The molecule has 3 aliphatic rings. The maximum absolute atomic E-state index is 13.8. The van der Waals surface area contributed by atoms with Crippen LogP contribution in [0.2, 0.25) is 0 Å². The van der Waals surface area contributed by atoms with Gasteiger partial charge in [0.15, 0.2) is 5.17 Å². The van der Waals surface area contributed by atoms with Crippen LogP contribution in [0.4, 0.5) is 0 Å². The van der Waals surface area contributed by atoms with Gasteiger partial charge in [0.1, 0.15) is 12.4 Å². The van der Waals surface area contributed by atoms with Crippen molar-refractivity contribution in [2.45, 2.75) is 76.3 Å². The van der Waals surface area contributed by atoms with Gasteiger partial charge in [-0.15, -0.1) is 6.42 Å². The van der Waals surface area contributed by atoms with E-state index in [4.69, 9.17) is 16.2 Å². The van der Waals surface area contributed by atoms with Gasteiger partial charge in [0.25, 0.3) is 5.91 Å². The lowest BCUT2D eigenvalue weighted by molar-refractivity contribution is -0.124. The number of fused-ring (bicyclic) bond motifs is 1. The van der Waals surface area contributed by atoms with E-state index in [1.807, 2.05) is 35.2 Å². The summed E-state index contributed by atoms with van der Waals surface area (Å²) < 4.78 is 5.89. The Labute approximate surface area is 206 Å². The number of carbonyl (C=O) groups excluding carboxylic acids is 1. The SMILES string of the molecule is C#CCOc1ccc2ccccc2c1C=C1SC(=NC2CCCCC2)N(C2CCCCC2)C1=O. The fourth-order valence-corrected chi connectivity index (χ4v) is 6.50. The van der Waals surface area contributed by atoms with E-state index in [1.165, 1.54) is 38.5 Å². The second-order valence-corrected chi connectivity index (χ2v) is 10.5. The van der Waals surface area contributed by atoms with Gasteiger partial charge in [0.05, 0.1) is 10.9 Å². The van der Waals surface area contributed by atoms with Gasteiger partial charge in [0.2, 0.25) is 0 Å². The number of hydrogen-bond acceptors (Lipinski definition) is 4. The van der Waals surface area contributed by atoms with Crippen LogP contribution in [0.25, 0.3) is 16.8 Å². The average Bonchev–Trinajstić information content (AvgIpc) is 3.18. The monoisotopic (exact) mass is 472 g/mol. The number of amidine groups is 1. The molecule has 1 heterocycles. The molecule has 0 spiro atoms. The number of amides is 1. The lowest BCUT2D eigenvalue weighted by Crippen LogP contribution is -2.41. The van der Waals surface area contributed by atoms with Crippen molar-refractivity contribution >= 4 is 39.7 Å². The fourth-order valence-electron chi connectivity index (χ4n) is 5.40. The molecule has 2 aromatic carbocycles. The summed E-state index contributed by atoms with van der Waals surface area (Å²) in [5.41, 5.74) is 0.909. The Balaban J connectivity index is 1.55. The first kappa shape index (κ1) is 23.1. The number of nitrogens with zero attached hydrogens (tertiary/aromatic N) is 2. The summed E-state index contributed by atoms with van der Waals surface area (Å²) in [5, 5.41) is 3.07. The number of carbonyl (C=O) groups is 1. The smallest absolute Gasteiger partial charge is 0.267 e. The minimum absolute atomic E-state index is 0.0855. The molecule has 0 unspecified atom stereocenters. The van der Waals surface area contributed by atoms with Crippen molar-refractivity contribution in [2.24, 2.45) is 4.99 Å². The largest absolute Gasteiger partial charge is 0.480 e. The Hall–Kier alpha value is -2.71. The normalized spacial score (nSPS) is 22.6. The van der Waals surface area contributed by atoms with E-state index in [0.717, 1.165) is 52.1 Å². The number of ether oxygens (including phenoxy) is 1. The molecule has 5 heteroatoms. The minimum atomic E-state index is 0.0855. The second-order valence-electron chi connectivity index (χ2n) is 9.47. The van der Waals surface area contributed by atoms with Crippen LogP contribution in [0.3, 0.4) is 0 Å². The number of benzene rings is 2. The molecule has 5 rings (SSSR count). The zero-order chi connectivity index (χ0) is 23.3. The molecule has 2 aromatic rings. The van der Waals surface area contributed by atoms with Gasteiger partial charge in [-0.1, -0.05) is 74.8 Å². The van der Waals surface area contributed by atoms with Gasteiger partial charge in [-0.25, -0.2) is 0 Å². The molecule has 2 aliphatic carbocycles. The van der Waals surface area contributed by atoms with Gasteiger partial charge >= 0.3 is 0 Å². The van der Waals surface area contributed by atoms with Crippen LogP contribution in [0.1, 0.15) is 69.8 Å². The van der Waals surface area contributed by atoms with E-state index < -0.39 is 0 Å². The quantitative estimate of drug-likeness (QED) is 0.355. The molecule has 2 saturated carbocycles. The van der Waals surface area contributed by atoms with Crippen molar-refractivity contribution in [1.82, 2.24) is 4.90 Å². The van der Waals surface area contributed by atoms with Crippen molar-refractivity contribution < 1.29 is 9.53 Å². The molecule has 0 bridgehead atoms. The number of aliphatic imine (C=N–C) groups is 1. The van der Waals surface area contributed by atoms with Crippen molar-refractivity contribution in [3.63, 3.8) is 0 Å². The molecule has 176 valence electrons. The molecule has 0 aromatic heterocycles. The zero-order valence-corrected chi connectivity index (χ0v) is 20.5. The van der Waals surface area contributed by atoms with Gasteiger partial charge < -0.3 is 4.74 Å². The highest BCUT2D eigenvalue weighted by atomic mass is 32.2. The Morgan fingerprint density at radius 2 is 1.76 bits per heavy atom. The summed E-state index contributed by atoms with van der Waals surface area (Å²) in [4.78, 5) is 21.7. The van der Waals surface area contributed by atoms with Crippen LogP contribution in [0.5, 0.6) is 5.75 Å². The molecule has 1 amide bonds. The minimum Gasteiger partial charge on any atom is -0.480 e. The van der Waals surface area contributed by atoms with E-state index in [9.17, 15) is 4.79 Å². The van der Waals surface area contributed by atoms with E-state index >= 15 is 0 Å². The number of rotatable bonds is 5. The van der Waals surface area contributed by atoms with Gasteiger partial charge in [0, 0.05) is 11.6 Å². The average molecular weight is 473 g/mol. The highest BCUT2D eigenvalue weighted by Gasteiger charge is 2.39. The van der Waals surface area contributed by atoms with Crippen molar-refractivity contribution in [3.8, 4) is 18.1 Å². The Kier molecular flexibility index (Phi) is 7.25. The molecule has 1 saturated heterocycles. The standard InChI is InChI=1S/C29H32N2O2S/c1-2-19-33-26-18-17-21-11-9-10-16-24(21)25(26)20-27-28(32)31(23-14-7-4-8-15-23)29(34-27)30-22-12-5-3-6-13-22/h1,9-11,16-18,20,22-23H,3-8,12-15,19H2. The Morgan fingerprint density at radius 1 is 1.03 bits per heavy atom. The molecule has 3 fully saturated rings. The third kappa shape index (κ3) is 4.88. The third-order valence-electron chi connectivity index (χ3n) is 7.16. The second kappa shape index (κ2) is 10.7. The van der Waals surface area contributed by atoms with Crippen LogP contribution in [0.15, 0.2) is 46.3 Å². The Morgan fingerprint density at radius 3 is 2.53 bits per heavy atom. The lowest BCUT2D eigenvalue weighted by atomic mass is 9.94. The molecule has 0 radical (unpaired) electrons. The number of hydrogen-bond donors (Lipinski definition) is 0. The molecule has 1 aliphatic heterocycles.